The van der Waals surface area contributed by atoms with Crippen LogP contribution >= 0.6 is 0 Å². The maximum Gasteiger partial charge on any atom is 0.187 e. The zero-order valence-electron chi connectivity index (χ0n) is 13.7. The Morgan fingerprint density at radius 3 is 1.75 bits per heavy atom. The maximum atomic E-state index is 12.8. The van der Waals surface area contributed by atoms with Crippen LogP contribution in [-0.4, -0.2) is 30.8 Å². The SMILES string of the molecule is CN1C/C(=C\c2cccc(N)c2)C(=O)/C(=C/c2cccc(N)c2)C1. The Bertz CT molecular complexity index is 769. The third-order valence-corrected chi connectivity index (χ3v) is 3.97. The normalized spacial score (nSPS) is 19.1. The molecule has 1 fully saturated rings. The average Bonchev–Trinajstić information content (AvgIpc) is 2.52. The van der Waals surface area contributed by atoms with E-state index in [0.29, 0.717) is 24.5 Å². The van der Waals surface area contributed by atoms with Gasteiger partial charge < -0.3 is 11.5 Å². The Kier molecular flexibility index (Phi) is 4.49. The second-order valence-corrected chi connectivity index (χ2v) is 6.18. The molecule has 4 heteroatoms. The van der Waals surface area contributed by atoms with E-state index in [4.69, 9.17) is 11.5 Å². The molecule has 3 rings (SSSR count). The summed E-state index contributed by atoms with van der Waals surface area (Å²) in [6.45, 7) is 1.25. The van der Waals surface area contributed by atoms with Crippen molar-refractivity contribution in [2.24, 2.45) is 0 Å². The number of hydrogen-bond donors (Lipinski definition) is 2. The number of likely N-dealkylation sites (N-methyl/N-ethyl adjacent to an activating group) is 1. The summed E-state index contributed by atoms with van der Waals surface area (Å²) in [5.41, 5.74) is 16.4. The molecular formula is C20H21N3O. The maximum absolute atomic E-state index is 12.8. The van der Waals surface area contributed by atoms with E-state index in [1.165, 1.54) is 0 Å². The number of ketones is 1. The van der Waals surface area contributed by atoms with Gasteiger partial charge in [0, 0.05) is 35.6 Å². The number of nitrogens with two attached hydrogens (primary N) is 2. The summed E-state index contributed by atoms with van der Waals surface area (Å²) in [5, 5.41) is 0. The third-order valence-electron chi connectivity index (χ3n) is 3.97. The zero-order chi connectivity index (χ0) is 17.1. The molecule has 1 aliphatic heterocycles. The molecule has 0 atom stereocenters. The molecule has 2 aromatic carbocycles. The average molecular weight is 319 g/mol. The second-order valence-electron chi connectivity index (χ2n) is 6.18. The topological polar surface area (TPSA) is 72.3 Å². The first-order valence-corrected chi connectivity index (χ1v) is 7.87. The summed E-state index contributed by atoms with van der Waals surface area (Å²) in [4.78, 5) is 14.9. The number of carbonyl (C=O) groups excluding carboxylic acids is 1. The van der Waals surface area contributed by atoms with Gasteiger partial charge in [-0.3, -0.25) is 9.69 Å². The van der Waals surface area contributed by atoms with E-state index >= 15 is 0 Å². The van der Waals surface area contributed by atoms with Crippen molar-refractivity contribution >= 4 is 29.3 Å². The van der Waals surface area contributed by atoms with Crippen molar-refractivity contribution in [2.45, 2.75) is 0 Å². The van der Waals surface area contributed by atoms with E-state index in [1.54, 1.807) is 0 Å². The Morgan fingerprint density at radius 2 is 1.33 bits per heavy atom. The Hall–Kier alpha value is -2.85. The van der Waals surface area contributed by atoms with Gasteiger partial charge in [-0.05, 0) is 54.6 Å². The van der Waals surface area contributed by atoms with E-state index in [9.17, 15) is 4.79 Å². The van der Waals surface area contributed by atoms with Crippen molar-refractivity contribution in [1.29, 1.82) is 0 Å². The third kappa shape index (κ3) is 3.73. The number of likely N-dealkylation sites (tertiary alicyclic amines) is 1. The predicted molar refractivity (Wildman–Crippen MR) is 100 cm³/mol. The van der Waals surface area contributed by atoms with Crippen LogP contribution in [0, 0.1) is 0 Å². The first kappa shape index (κ1) is 16.0. The summed E-state index contributed by atoms with van der Waals surface area (Å²) in [5.74, 6) is 0.0814. The van der Waals surface area contributed by atoms with Gasteiger partial charge in [-0.2, -0.15) is 0 Å². The molecule has 1 aliphatic rings. The molecule has 122 valence electrons. The van der Waals surface area contributed by atoms with Crippen LogP contribution in [0.3, 0.4) is 0 Å². The molecule has 0 aliphatic carbocycles. The van der Waals surface area contributed by atoms with E-state index in [-0.39, 0.29) is 5.78 Å². The van der Waals surface area contributed by atoms with E-state index in [2.05, 4.69) is 4.90 Å². The Morgan fingerprint density at radius 1 is 0.875 bits per heavy atom. The fourth-order valence-corrected chi connectivity index (χ4v) is 2.91. The van der Waals surface area contributed by atoms with Crippen molar-refractivity contribution in [3.8, 4) is 0 Å². The summed E-state index contributed by atoms with van der Waals surface area (Å²) in [7, 11) is 2.01. The van der Waals surface area contributed by atoms with Crippen LogP contribution in [0.15, 0.2) is 59.7 Å². The van der Waals surface area contributed by atoms with Crippen molar-refractivity contribution < 1.29 is 4.79 Å². The highest BCUT2D eigenvalue weighted by atomic mass is 16.1. The number of carbonyl (C=O) groups is 1. The molecule has 0 spiro atoms. The van der Waals surface area contributed by atoms with Gasteiger partial charge in [0.2, 0.25) is 0 Å². The lowest BCUT2D eigenvalue weighted by Crippen LogP contribution is -2.34. The number of benzene rings is 2. The first-order chi connectivity index (χ1) is 11.5. The number of anilines is 2. The molecule has 0 saturated carbocycles. The molecule has 0 aromatic heterocycles. The second kappa shape index (κ2) is 6.72. The number of rotatable bonds is 2. The molecule has 0 amide bonds. The van der Waals surface area contributed by atoms with Crippen molar-refractivity contribution in [2.75, 3.05) is 31.6 Å². The summed E-state index contributed by atoms with van der Waals surface area (Å²) >= 11 is 0. The van der Waals surface area contributed by atoms with E-state index in [0.717, 1.165) is 22.3 Å². The minimum Gasteiger partial charge on any atom is -0.399 e. The van der Waals surface area contributed by atoms with Gasteiger partial charge in [0.25, 0.3) is 0 Å². The molecule has 4 nitrogen and oxygen atoms in total. The summed E-state index contributed by atoms with van der Waals surface area (Å²) < 4.78 is 0. The quantitative estimate of drug-likeness (QED) is 0.659. The molecule has 1 saturated heterocycles. The lowest BCUT2D eigenvalue weighted by molar-refractivity contribution is -0.113. The van der Waals surface area contributed by atoms with Crippen LogP contribution in [0.1, 0.15) is 11.1 Å². The lowest BCUT2D eigenvalue weighted by Gasteiger charge is -2.26. The van der Waals surface area contributed by atoms with Crippen LogP contribution < -0.4 is 11.5 Å². The van der Waals surface area contributed by atoms with Gasteiger partial charge in [-0.15, -0.1) is 0 Å². The molecule has 2 aromatic rings. The largest absolute Gasteiger partial charge is 0.399 e. The summed E-state index contributed by atoms with van der Waals surface area (Å²) in [6.07, 6.45) is 3.84. The predicted octanol–water partition coefficient (Wildman–Crippen LogP) is 2.83. The smallest absolute Gasteiger partial charge is 0.187 e. The van der Waals surface area contributed by atoms with Gasteiger partial charge in [-0.1, -0.05) is 24.3 Å². The Labute approximate surface area is 142 Å². The molecule has 4 N–H and O–H groups in total. The van der Waals surface area contributed by atoms with Gasteiger partial charge in [0.05, 0.1) is 0 Å². The number of Topliss-reactive ketones (excluding diaryl/α,β-unsaturated/α-hetero) is 1. The number of nitrogens with zero attached hydrogens (tertiary/aromatic N) is 1. The molecule has 1 heterocycles. The minimum atomic E-state index is 0.0814. The highest BCUT2D eigenvalue weighted by Crippen LogP contribution is 2.22. The highest BCUT2D eigenvalue weighted by molar-refractivity contribution is 6.14. The lowest BCUT2D eigenvalue weighted by atomic mass is 9.94. The van der Waals surface area contributed by atoms with Gasteiger partial charge in [0.1, 0.15) is 0 Å². The van der Waals surface area contributed by atoms with E-state index in [1.807, 2.05) is 67.7 Å². The van der Waals surface area contributed by atoms with Crippen LogP contribution in [-0.2, 0) is 4.79 Å². The Balaban J connectivity index is 1.94. The molecule has 0 unspecified atom stereocenters. The van der Waals surface area contributed by atoms with Gasteiger partial charge in [-0.25, -0.2) is 0 Å². The fraction of sp³-hybridized carbons (Fsp3) is 0.150. The standard InChI is InChI=1S/C20H21N3O/c1-23-12-16(8-14-4-2-6-18(21)10-14)20(24)17(13-23)9-15-5-3-7-19(22)11-15/h2-11H,12-13,21-22H2,1H3/b16-8+,17-9+. The van der Waals surface area contributed by atoms with Gasteiger partial charge >= 0.3 is 0 Å². The zero-order valence-corrected chi connectivity index (χ0v) is 13.7. The fourth-order valence-electron chi connectivity index (χ4n) is 2.91. The highest BCUT2D eigenvalue weighted by Gasteiger charge is 2.23. The minimum absolute atomic E-state index is 0.0814. The van der Waals surface area contributed by atoms with Crippen LogP contribution in [0.25, 0.3) is 12.2 Å². The van der Waals surface area contributed by atoms with Crippen molar-refractivity contribution in [1.82, 2.24) is 4.90 Å². The number of nitrogen functional groups attached to an aromatic ring is 2. The molecular weight excluding hydrogens is 298 g/mol. The van der Waals surface area contributed by atoms with Crippen LogP contribution in [0.2, 0.25) is 0 Å². The molecule has 0 radical (unpaired) electrons. The van der Waals surface area contributed by atoms with Crippen molar-refractivity contribution in [3.63, 3.8) is 0 Å². The first-order valence-electron chi connectivity index (χ1n) is 7.87. The number of hydrogen-bond acceptors (Lipinski definition) is 4. The van der Waals surface area contributed by atoms with Crippen LogP contribution in [0.4, 0.5) is 11.4 Å². The van der Waals surface area contributed by atoms with E-state index < -0.39 is 0 Å². The van der Waals surface area contributed by atoms with Crippen LogP contribution in [0.5, 0.6) is 0 Å². The number of piperidine rings is 1. The molecule has 0 bridgehead atoms. The van der Waals surface area contributed by atoms with Crippen molar-refractivity contribution in [3.05, 3.63) is 70.8 Å². The summed E-state index contributed by atoms with van der Waals surface area (Å²) in [6, 6.07) is 15.1. The monoisotopic (exact) mass is 319 g/mol. The molecule has 24 heavy (non-hydrogen) atoms. The van der Waals surface area contributed by atoms with Gasteiger partial charge in [0.15, 0.2) is 5.78 Å².